The Morgan fingerprint density at radius 1 is 0.567 bits per heavy atom. The summed E-state index contributed by atoms with van der Waals surface area (Å²) in [6.07, 6.45) is 23.5. The van der Waals surface area contributed by atoms with E-state index in [0.717, 1.165) is 18.1 Å². The molecule has 0 aromatic rings. The number of alkyl halides is 1. The molecule has 0 bridgehead atoms. The van der Waals surface area contributed by atoms with Crippen LogP contribution in [-0.4, -0.2) is 20.2 Å². The molecule has 0 aromatic heterocycles. The molecule has 2 nitrogen and oxygen atoms in total. The van der Waals surface area contributed by atoms with E-state index < -0.39 is 8.32 Å². The van der Waals surface area contributed by atoms with Gasteiger partial charge in [0, 0.05) is 0 Å². The molecular weight excluding hydrogens is 408 g/mol. The maximum Gasteiger partial charge on any atom is 0.307 e. The van der Waals surface area contributed by atoms with Gasteiger partial charge < -0.3 is 4.43 Å². The van der Waals surface area contributed by atoms with Crippen molar-refractivity contribution < 1.29 is 9.22 Å². The van der Waals surface area contributed by atoms with E-state index in [1.54, 1.807) is 0 Å². The molecule has 0 rings (SSSR count). The van der Waals surface area contributed by atoms with E-state index >= 15 is 0 Å². The number of halogens is 1. The molecule has 0 amide bonds. The number of hydrogen-bond acceptors (Lipinski definition) is 2. The number of unbranched alkanes of at least 4 members (excludes halogenated alkanes) is 15. The molecule has 30 heavy (non-hydrogen) atoms. The lowest BCUT2D eigenvalue weighted by atomic mass is 10.1. The van der Waals surface area contributed by atoms with Crippen LogP contribution in [0.3, 0.4) is 0 Å². The summed E-state index contributed by atoms with van der Waals surface area (Å²) in [5.41, 5.74) is 0. The predicted molar refractivity (Wildman–Crippen MR) is 137 cm³/mol. The van der Waals surface area contributed by atoms with Gasteiger partial charge in [0.15, 0.2) is 0 Å². The van der Waals surface area contributed by atoms with Crippen molar-refractivity contribution >= 4 is 25.9 Å². The van der Waals surface area contributed by atoms with Crippen molar-refractivity contribution in [1.82, 2.24) is 0 Å². The van der Waals surface area contributed by atoms with Gasteiger partial charge in [0.1, 0.15) is 5.88 Å². The molecule has 0 spiro atoms. The molecule has 0 aliphatic carbocycles. The lowest BCUT2D eigenvalue weighted by Crippen LogP contribution is -2.40. The van der Waals surface area contributed by atoms with Crippen LogP contribution in [-0.2, 0) is 9.22 Å². The van der Waals surface area contributed by atoms with Gasteiger partial charge in [0.05, 0.1) is 0 Å². The number of rotatable bonds is 23. The zero-order valence-electron chi connectivity index (χ0n) is 20.8. The van der Waals surface area contributed by atoms with Gasteiger partial charge in [-0.05, 0) is 18.1 Å². The van der Waals surface area contributed by atoms with Crippen LogP contribution in [0.1, 0.15) is 136 Å². The minimum Gasteiger partial charge on any atom is -0.518 e. The average Bonchev–Trinajstić information content (AvgIpc) is 2.75. The van der Waals surface area contributed by atoms with Crippen molar-refractivity contribution in [3.63, 3.8) is 0 Å². The Bertz CT molecular complexity index is 335. The lowest BCUT2D eigenvalue weighted by molar-refractivity contribution is -0.132. The van der Waals surface area contributed by atoms with Crippen LogP contribution in [0.2, 0.25) is 18.1 Å². The Balaban J connectivity index is 4.72. The summed E-state index contributed by atoms with van der Waals surface area (Å²) in [5.74, 6) is -0.149. The highest BCUT2D eigenvalue weighted by atomic mass is 35.5. The number of hydrogen-bond donors (Lipinski definition) is 0. The van der Waals surface area contributed by atoms with Crippen molar-refractivity contribution in [2.75, 3.05) is 5.88 Å². The van der Waals surface area contributed by atoms with E-state index in [1.807, 2.05) is 0 Å². The molecule has 180 valence electrons. The summed E-state index contributed by atoms with van der Waals surface area (Å²) in [6, 6.07) is 3.48. The first-order valence-corrected chi connectivity index (χ1v) is 16.5. The van der Waals surface area contributed by atoms with Crippen LogP contribution < -0.4 is 0 Å². The lowest BCUT2D eigenvalue weighted by Gasteiger charge is -2.31. The van der Waals surface area contributed by atoms with E-state index in [0.29, 0.717) is 0 Å². The second kappa shape index (κ2) is 22.2. The average molecular weight is 461 g/mol. The Hall–Kier alpha value is -0.0231. The summed E-state index contributed by atoms with van der Waals surface area (Å²) in [5, 5.41) is 0. The number of carbonyl (C=O) groups is 1. The molecule has 0 unspecified atom stereocenters. The molecular formula is C26H53ClO2Si. The quantitative estimate of drug-likeness (QED) is 0.0860. The minimum atomic E-state index is -2.02. The van der Waals surface area contributed by atoms with Gasteiger partial charge in [-0.15, -0.1) is 11.6 Å². The fourth-order valence-electron chi connectivity index (χ4n) is 4.48. The van der Waals surface area contributed by atoms with Crippen LogP contribution in [0, 0.1) is 0 Å². The van der Waals surface area contributed by atoms with Gasteiger partial charge in [-0.1, -0.05) is 136 Å². The first-order valence-electron chi connectivity index (χ1n) is 13.4. The van der Waals surface area contributed by atoms with E-state index in [1.165, 1.54) is 116 Å². The standard InChI is InChI=1S/C26H53ClO2Si/c1-4-7-10-13-16-19-22-30(29-26(28)25-27,23-20-17-14-11-8-5-2)24-21-18-15-12-9-6-3/h4-25H2,1-3H3. The summed E-state index contributed by atoms with van der Waals surface area (Å²) < 4.78 is 6.24. The molecule has 0 aromatic carbocycles. The molecule has 0 aliphatic rings. The molecule has 0 saturated heterocycles. The first-order chi connectivity index (χ1) is 14.6. The molecule has 0 fully saturated rings. The molecule has 0 saturated carbocycles. The fraction of sp³-hybridized carbons (Fsp3) is 0.962. The highest BCUT2D eigenvalue weighted by Gasteiger charge is 2.36. The van der Waals surface area contributed by atoms with Gasteiger partial charge in [0.25, 0.3) is 8.32 Å². The van der Waals surface area contributed by atoms with Crippen molar-refractivity contribution in [2.45, 2.75) is 154 Å². The highest BCUT2D eigenvalue weighted by molar-refractivity contribution is 6.75. The Kier molecular flexibility index (Phi) is 22.2. The minimum absolute atomic E-state index is 0.0122. The van der Waals surface area contributed by atoms with E-state index in [4.69, 9.17) is 16.0 Å². The Morgan fingerprint density at radius 2 is 0.867 bits per heavy atom. The molecule has 0 heterocycles. The smallest absolute Gasteiger partial charge is 0.307 e. The normalized spacial score (nSPS) is 11.7. The highest BCUT2D eigenvalue weighted by Crippen LogP contribution is 2.31. The third-order valence-corrected chi connectivity index (χ3v) is 11.1. The Morgan fingerprint density at radius 3 is 1.17 bits per heavy atom. The fourth-order valence-corrected chi connectivity index (χ4v) is 8.92. The molecule has 0 atom stereocenters. The van der Waals surface area contributed by atoms with Crippen LogP contribution in [0.5, 0.6) is 0 Å². The van der Waals surface area contributed by atoms with Crippen LogP contribution >= 0.6 is 11.6 Å². The third-order valence-electron chi connectivity index (χ3n) is 6.40. The molecule has 0 radical (unpaired) electrons. The maximum absolute atomic E-state index is 12.2. The van der Waals surface area contributed by atoms with Crippen molar-refractivity contribution in [3.8, 4) is 0 Å². The maximum atomic E-state index is 12.2. The van der Waals surface area contributed by atoms with E-state index in [9.17, 15) is 4.79 Å². The van der Waals surface area contributed by atoms with Gasteiger partial charge in [0.2, 0.25) is 0 Å². The first kappa shape index (κ1) is 30.0. The summed E-state index contributed by atoms with van der Waals surface area (Å²) >= 11 is 5.86. The number of carbonyl (C=O) groups excluding carboxylic acids is 1. The van der Waals surface area contributed by atoms with Crippen LogP contribution in [0.4, 0.5) is 0 Å². The van der Waals surface area contributed by atoms with Gasteiger partial charge in [-0.3, -0.25) is 4.79 Å². The third kappa shape index (κ3) is 17.6. The van der Waals surface area contributed by atoms with Crippen molar-refractivity contribution in [1.29, 1.82) is 0 Å². The van der Waals surface area contributed by atoms with Crippen LogP contribution in [0.25, 0.3) is 0 Å². The topological polar surface area (TPSA) is 26.3 Å². The van der Waals surface area contributed by atoms with Gasteiger partial charge in [-0.2, -0.15) is 0 Å². The summed E-state index contributed by atoms with van der Waals surface area (Å²) in [6.45, 7) is 6.81. The summed E-state index contributed by atoms with van der Waals surface area (Å²) in [4.78, 5) is 12.2. The second-order valence-electron chi connectivity index (χ2n) is 9.34. The van der Waals surface area contributed by atoms with Crippen molar-refractivity contribution in [2.24, 2.45) is 0 Å². The van der Waals surface area contributed by atoms with Crippen molar-refractivity contribution in [3.05, 3.63) is 0 Å². The largest absolute Gasteiger partial charge is 0.518 e. The Labute approximate surface area is 195 Å². The van der Waals surface area contributed by atoms with Crippen LogP contribution in [0.15, 0.2) is 0 Å². The van der Waals surface area contributed by atoms with E-state index in [-0.39, 0.29) is 11.8 Å². The zero-order valence-corrected chi connectivity index (χ0v) is 22.5. The molecule has 0 N–H and O–H groups in total. The molecule has 0 aliphatic heterocycles. The van der Waals surface area contributed by atoms with Gasteiger partial charge >= 0.3 is 5.97 Å². The van der Waals surface area contributed by atoms with Gasteiger partial charge in [-0.25, -0.2) is 0 Å². The SMILES string of the molecule is CCCCCCCC[Si](CCCCCCCC)(CCCCCCCC)OC(=O)CCl. The zero-order chi connectivity index (χ0) is 22.3. The second-order valence-corrected chi connectivity index (χ2v) is 13.7. The van der Waals surface area contributed by atoms with E-state index in [2.05, 4.69) is 20.8 Å². The molecule has 4 heteroatoms. The predicted octanol–water partition coefficient (Wildman–Crippen LogP) is 9.80. The summed E-state index contributed by atoms with van der Waals surface area (Å²) in [7, 11) is -2.02. The monoisotopic (exact) mass is 460 g/mol.